The number of rotatable bonds is 8. The largest absolute Gasteiger partial charge is 0.375 e. The van der Waals surface area contributed by atoms with Crippen LogP contribution in [0, 0.1) is 0 Å². The fourth-order valence-electron chi connectivity index (χ4n) is 1.21. The van der Waals surface area contributed by atoms with Gasteiger partial charge < -0.3 is 10.1 Å². The summed E-state index contributed by atoms with van der Waals surface area (Å²) in [6.45, 7) is 2.58. The van der Waals surface area contributed by atoms with Crippen LogP contribution >= 0.6 is 0 Å². The average Bonchev–Trinajstić information content (AvgIpc) is 2.32. The summed E-state index contributed by atoms with van der Waals surface area (Å²) in [5.41, 5.74) is 0. The zero-order valence-electron chi connectivity index (χ0n) is 9.83. The molecule has 0 spiro atoms. The number of hydrogen-bond acceptors (Lipinski definition) is 4. The van der Waals surface area contributed by atoms with Crippen LogP contribution in [-0.2, 0) is 11.2 Å². The van der Waals surface area contributed by atoms with Gasteiger partial charge in [-0.1, -0.05) is 6.92 Å². The van der Waals surface area contributed by atoms with Gasteiger partial charge in [0.2, 0.25) is 0 Å². The van der Waals surface area contributed by atoms with Crippen LogP contribution in [0.15, 0.2) is 12.3 Å². The molecule has 1 aromatic rings. The smallest absolute Gasteiger partial charge is 0.261 e. The second-order valence-corrected chi connectivity index (χ2v) is 3.50. The van der Waals surface area contributed by atoms with Crippen LogP contribution in [0.1, 0.15) is 19.2 Å². The normalized spacial score (nSPS) is 10.8. The summed E-state index contributed by atoms with van der Waals surface area (Å²) in [5, 5.41) is 3.13. The van der Waals surface area contributed by atoms with Gasteiger partial charge in [0, 0.05) is 19.2 Å². The number of nitrogens with one attached hydrogen (secondary N) is 1. The van der Waals surface area contributed by atoms with E-state index < -0.39 is 13.0 Å². The van der Waals surface area contributed by atoms with Crippen molar-refractivity contribution in [3.05, 3.63) is 18.1 Å². The van der Waals surface area contributed by atoms with Crippen LogP contribution in [0.25, 0.3) is 0 Å². The van der Waals surface area contributed by atoms with E-state index in [0.29, 0.717) is 12.2 Å². The predicted octanol–water partition coefficient (Wildman–Crippen LogP) is 2.12. The van der Waals surface area contributed by atoms with Crippen LogP contribution in [0.3, 0.4) is 0 Å². The summed E-state index contributed by atoms with van der Waals surface area (Å²) in [7, 11) is 0. The minimum absolute atomic E-state index is 0.210. The van der Waals surface area contributed by atoms with Gasteiger partial charge >= 0.3 is 0 Å². The van der Waals surface area contributed by atoms with Crippen LogP contribution in [-0.4, -0.2) is 36.2 Å². The highest BCUT2D eigenvalue weighted by molar-refractivity contribution is 5.32. The molecule has 0 aliphatic carbocycles. The fraction of sp³-hybridized carbons (Fsp3) is 0.636. The maximum atomic E-state index is 11.8. The first-order valence-electron chi connectivity index (χ1n) is 5.64. The van der Waals surface area contributed by atoms with Gasteiger partial charge in [-0.3, -0.25) is 0 Å². The quantitative estimate of drug-likeness (QED) is 0.713. The molecular formula is C11H17F2N3O. The maximum Gasteiger partial charge on any atom is 0.261 e. The molecule has 0 radical (unpaired) electrons. The lowest BCUT2D eigenvalue weighted by Gasteiger charge is -2.06. The molecule has 0 aliphatic heterocycles. The SMILES string of the molecule is CCCNc1ccnc(CCOCC(F)F)n1. The minimum atomic E-state index is -2.42. The number of nitrogens with zero attached hydrogens (tertiary/aromatic N) is 2. The Kier molecular flexibility index (Phi) is 6.39. The molecule has 96 valence electrons. The second kappa shape index (κ2) is 7.89. The predicted molar refractivity (Wildman–Crippen MR) is 61.3 cm³/mol. The van der Waals surface area contributed by atoms with Crippen LogP contribution in [0.4, 0.5) is 14.6 Å². The Labute approximate surface area is 99.4 Å². The van der Waals surface area contributed by atoms with E-state index >= 15 is 0 Å². The van der Waals surface area contributed by atoms with Crippen molar-refractivity contribution in [2.75, 3.05) is 25.1 Å². The van der Waals surface area contributed by atoms with Crippen molar-refractivity contribution < 1.29 is 13.5 Å². The third kappa shape index (κ3) is 6.11. The third-order valence-corrected chi connectivity index (χ3v) is 1.98. The molecule has 0 saturated carbocycles. The molecule has 1 N–H and O–H groups in total. The molecule has 1 heterocycles. The zero-order valence-corrected chi connectivity index (χ0v) is 9.83. The highest BCUT2D eigenvalue weighted by atomic mass is 19.3. The summed E-state index contributed by atoms with van der Waals surface area (Å²) in [6.07, 6.45) is 0.673. The zero-order chi connectivity index (χ0) is 12.5. The summed E-state index contributed by atoms with van der Waals surface area (Å²) in [6, 6.07) is 1.78. The Morgan fingerprint density at radius 2 is 2.29 bits per heavy atom. The number of aromatic nitrogens is 2. The molecule has 0 saturated heterocycles. The lowest BCUT2D eigenvalue weighted by atomic mass is 10.4. The molecule has 1 aromatic heterocycles. The molecule has 0 atom stereocenters. The van der Waals surface area contributed by atoms with Crippen LogP contribution in [0.2, 0.25) is 0 Å². The lowest BCUT2D eigenvalue weighted by Crippen LogP contribution is -2.10. The van der Waals surface area contributed by atoms with Gasteiger partial charge in [-0.2, -0.15) is 0 Å². The van der Waals surface area contributed by atoms with Gasteiger partial charge in [0.05, 0.1) is 6.61 Å². The van der Waals surface area contributed by atoms with E-state index in [1.54, 1.807) is 12.3 Å². The van der Waals surface area contributed by atoms with Crippen molar-refractivity contribution in [3.8, 4) is 0 Å². The van der Waals surface area contributed by atoms with Crippen LogP contribution < -0.4 is 5.32 Å². The summed E-state index contributed by atoms with van der Waals surface area (Å²) in [5.74, 6) is 1.35. The van der Waals surface area contributed by atoms with Gasteiger partial charge in [0.25, 0.3) is 6.43 Å². The number of hydrogen-bond donors (Lipinski definition) is 1. The highest BCUT2D eigenvalue weighted by Crippen LogP contribution is 2.03. The third-order valence-electron chi connectivity index (χ3n) is 1.98. The monoisotopic (exact) mass is 245 g/mol. The van der Waals surface area contributed by atoms with Gasteiger partial charge in [-0.05, 0) is 12.5 Å². The van der Waals surface area contributed by atoms with Crippen molar-refractivity contribution >= 4 is 5.82 Å². The van der Waals surface area contributed by atoms with E-state index in [1.165, 1.54) is 0 Å². The Balaban J connectivity index is 2.32. The average molecular weight is 245 g/mol. The van der Waals surface area contributed by atoms with E-state index in [9.17, 15) is 8.78 Å². The molecule has 17 heavy (non-hydrogen) atoms. The van der Waals surface area contributed by atoms with Gasteiger partial charge in [-0.15, -0.1) is 0 Å². The molecule has 0 unspecified atom stereocenters. The van der Waals surface area contributed by atoms with Crippen molar-refractivity contribution in [2.45, 2.75) is 26.2 Å². The Bertz CT molecular complexity index is 323. The standard InChI is InChI=1S/C11H17F2N3O/c1-2-5-14-10-3-6-15-11(16-10)4-7-17-8-9(12)13/h3,6,9H,2,4-5,7-8H2,1H3,(H,14,15,16). The molecule has 0 aliphatic rings. The topological polar surface area (TPSA) is 47.0 Å². The number of halogens is 2. The minimum Gasteiger partial charge on any atom is -0.375 e. The van der Waals surface area contributed by atoms with E-state index in [-0.39, 0.29) is 6.61 Å². The summed E-state index contributed by atoms with van der Waals surface area (Å²) in [4.78, 5) is 8.28. The molecule has 0 amide bonds. The molecule has 1 rings (SSSR count). The van der Waals surface area contributed by atoms with E-state index in [2.05, 4.69) is 22.2 Å². The van der Waals surface area contributed by atoms with E-state index in [1.807, 2.05) is 0 Å². The Morgan fingerprint density at radius 1 is 1.47 bits per heavy atom. The second-order valence-electron chi connectivity index (χ2n) is 3.50. The molecule has 0 fully saturated rings. The van der Waals surface area contributed by atoms with Crippen molar-refractivity contribution in [3.63, 3.8) is 0 Å². The summed E-state index contributed by atoms with van der Waals surface area (Å²) >= 11 is 0. The Morgan fingerprint density at radius 3 is 3.00 bits per heavy atom. The lowest BCUT2D eigenvalue weighted by molar-refractivity contribution is 0.0183. The molecule has 0 aromatic carbocycles. The first-order chi connectivity index (χ1) is 8.22. The molecule has 0 bridgehead atoms. The number of ether oxygens (including phenoxy) is 1. The van der Waals surface area contributed by atoms with E-state index in [0.717, 1.165) is 18.8 Å². The first-order valence-corrected chi connectivity index (χ1v) is 5.64. The van der Waals surface area contributed by atoms with Crippen molar-refractivity contribution in [1.29, 1.82) is 0 Å². The molecular weight excluding hydrogens is 228 g/mol. The van der Waals surface area contributed by atoms with Crippen molar-refractivity contribution in [2.24, 2.45) is 0 Å². The van der Waals surface area contributed by atoms with Gasteiger partial charge in [-0.25, -0.2) is 18.7 Å². The number of anilines is 1. The van der Waals surface area contributed by atoms with Crippen LogP contribution in [0.5, 0.6) is 0 Å². The maximum absolute atomic E-state index is 11.8. The Hall–Kier alpha value is -1.30. The first kappa shape index (κ1) is 13.8. The van der Waals surface area contributed by atoms with Crippen molar-refractivity contribution in [1.82, 2.24) is 9.97 Å². The molecule has 6 heteroatoms. The summed E-state index contributed by atoms with van der Waals surface area (Å²) < 4.78 is 28.4. The fourth-order valence-corrected chi connectivity index (χ4v) is 1.21. The van der Waals surface area contributed by atoms with Gasteiger partial charge in [0.15, 0.2) is 0 Å². The number of alkyl halides is 2. The molecule has 4 nitrogen and oxygen atoms in total. The van der Waals surface area contributed by atoms with E-state index in [4.69, 9.17) is 4.74 Å². The highest BCUT2D eigenvalue weighted by Gasteiger charge is 2.03. The van der Waals surface area contributed by atoms with Gasteiger partial charge in [0.1, 0.15) is 18.2 Å².